The first-order valence-electron chi connectivity index (χ1n) is 4.84. The summed E-state index contributed by atoms with van der Waals surface area (Å²) in [4.78, 5) is 0.0941. The van der Waals surface area contributed by atoms with Gasteiger partial charge in [-0.3, -0.25) is 4.18 Å². The van der Waals surface area contributed by atoms with Crippen molar-refractivity contribution in [1.29, 1.82) is 0 Å². The number of anilines is 2. The molecule has 0 heterocycles. The maximum Gasteiger partial charge on any atom is 0.296 e. The quantitative estimate of drug-likeness (QED) is 0.621. The molecule has 0 spiro atoms. The third-order valence-corrected chi connectivity index (χ3v) is 3.84. The van der Waals surface area contributed by atoms with Gasteiger partial charge in [0.2, 0.25) is 0 Å². The number of hydrogen-bond acceptors (Lipinski definition) is 5. The molecular weight excluding hydrogens is 240 g/mol. The van der Waals surface area contributed by atoms with Crippen molar-refractivity contribution in [2.24, 2.45) is 0 Å². The zero-order valence-corrected chi connectivity index (χ0v) is 9.99. The van der Waals surface area contributed by atoms with Gasteiger partial charge < -0.3 is 11.5 Å². The summed E-state index contributed by atoms with van der Waals surface area (Å²) in [5, 5.41) is 1.43. The summed E-state index contributed by atoms with van der Waals surface area (Å²) in [5.41, 5.74) is 12.4. The number of hydrogen-bond donors (Lipinski definition) is 2. The zero-order valence-electron chi connectivity index (χ0n) is 9.17. The Kier molecular flexibility index (Phi) is 2.68. The Balaban J connectivity index is 2.73. The minimum atomic E-state index is -3.68. The third kappa shape index (κ3) is 1.92. The van der Waals surface area contributed by atoms with Gasteiger partial charge in [-0.25, -0.2) is 0 Å². The van der Waals surface area contributed by atoms with Crippen molar-refractivity contribution >= 4 is 32.3 Å². The van der Waals surface area contributed by atoms with Gasteiger partial charge in [-0.1, -0.05) is 12.1 Å². The van der Waals surface area contributed by atoms with Crippen LogP contribution in [0.25, 0.3) is 10.8 Å². The molecular formula is C11H12N2O3S. The van der Waals surface area contributed by atoms with Crippen LogP contribution in [-0.2, 0) is 14.3 Å². The van der Waals surface area contributed by atoms with E-state index in [0.717, 1.165) is 12.5 Å². The first kappa shape index (κ1) is 11.7. The summed E-state index contributed by atoms with van der Waals surface area (Å²) in [7, 11) is -2.56. The molecule has 2 aromatic carbocycles. The summed E-state index contributed by atoms with van der Waals surface area (Å²) < 4.78 is 27.5. The molecule has 0 radical (unpaired) electrons. The number of nitrogens with two attached hydrogens (primary N) is 2. The molecule has 5 nitrogen and oxygen atoms in total. The molecule has 0 fully saturated rings. The van der Waals surface area contributed by atoms with Gasteiger partial charge in [0, 0.05) is 5.39 Å². The molecule has 0 atom stereocenters. The average molecular weight is 252 g/mol. The molecule has 4 N–H and O–H groups in total. The number of nitrogen functional groups attached to an aromatic ring is 2. The molecule has 0 saturated carbocycles. The van der Waals surface area contributed by atoms with Gasteiger partial charge in [0.05, 0.1) is 23.4 Å². The average Bonchev–Trinajstić information content (AvgIpc) is 2.33. The van der Waals surface area contributed by atoms with E-state index < -0.39 is 10.1 Å². The minimum absolute atomic E-state index is 0.0941. The van der Waals surface area contributed by atoms with Gasteiger partial charge >= 0.3 is 0 Å². The molecule has 0 aromatic heterocycles. The fourth-order valence-electron chi connectivity index (χ4n) is 1.60. The van der Waals surface area contributed by atoms with Crippen molar-refractivity contribution in [3.63, 3.8) is 0 Å². The Hall–Kier alpha value is -1.79. The second kappa shape index (κ2) is 3.90. The smallest absolute Gasteiger partial charge is 0.296 e. The second-order valence-electron chi connectivity index (χ2n) is 3.57. The van der Waals surface area contributed by atoms with Crippen molar-refractivity contribution in [2.45, 2.75) is 4.90 Å². The maximum atomic E-state index is 11.5. The van der Waals surface area contributed by atoms with E-state index in [1.165, 1.54) is 12.1 Å². The fourth-order valence-corrected chi connectivity index (χ4v) is 2.30. The van der Waals surface area contributed by atoms with Crippen LogP contribution in [0, 0.1) is 0 Å². The van der Waals surface area contributed by atoms with Crippen LogP contribution < -0.4 is 11.5 Å². The normalized spacial score (nSPS) is 11.8. The van der Waals surface area contributed by atoms with Crippen molar-refractivity contribution in [3.05, 3.63) is 30.3 Å². The van der Waals surface area contributed by atoms with Gasteiger partial charge in [0.1, 0.15) is 0 Å². The van der Waals surface area contributed by atoms with Crippen molar-refractivity contribution in [1.82, 2.24) is 0 Å². The van der Waals surface area contributed by atoms with E-state index in [2.05, 4.69) is 4.18 Å². The summed E-state index contributed by atoms with van der Waals surface area (Å²) >= 11 is 0. The molecule has 0 unspecified atom stereocenters. The predicted octanol–water partition coefficient (Wildman–Crippen LogP) is 1.34. The van der Waals surface area contributed by atoms with Crippen molar-refractivity contribution in [2.75, 3.05) is 18.6 Å². The number of fused-ring (bicyclic) bond motifs is 1. The van der Waals surface area contributed by atoms with E-state index >= 15 is 0 Å². The van der Waals surface area contributed by atoms with Gasteiger partial charge in [-0.2, -0.15) is 8.42 Å². The van der Waals surface area contributed by atoms with Gasteiger partial charge in [-0.15, -0.1) is 0 Å². The van der Waals surface area contributed by atoms with Crippen LogP contribution in [0.1, 0.15) is 0 Å². The Labute approximate surface area is 99.1 Å². The first-order chi connectivity index (χ1) is 7.95. The molecule has 0 amide bonds. The van der Waals surface area contributed by atoms with E-state index in [0.29, 0.717) is 16.8 Å². The van der Waals surface area contributed by atoms with E-state index in [1.54, 1.807) is 18.2 Å². The van der Waals surface area contributed by atoms with Gasteiger partial charge in [0.15, 0.2) is 0 Å². The standard InChI is InChI=1S/C11H12N2O3S/c1-16-17(14,15)8-3-4-9-7(6-8)2-5-10(12)11(9)13/h2-6H,12-13H2,1H3. The molecule has 0 aliphatic carbocycles. The maximum absolute atomic E-state index is 11.5. The van der Waals surface area contributed by atoms with Crippen LogP contribution in [-0.4, -0.2) is 15.5 Å². The Morgan fingerprint density at radius 1 is 1.12 bits per heavy atom. The van der Waals surface area contributed by atoms with E-state index in [9.17, 15) is 8.42 Å². The molecule has 17 heavy (non-hydrogen) atoms. The lowest BCUT2D eigenvalue weighted by Crippen LogP contribution is -2.03. The molecule has 0 saturated heterocycles. The number of benzene rings is 2. The van der Waals surface area contributed by atoms with Gasteiger partial charge in [0.25, 0.3) is 10.1 Å². The summed E-state index contributed by atoms with van der Waals surface area (Å²) in [6, 6.07) is 7.92. The van der Waals surface area contributed by atoms with Crippen LogP contribution in [0.2, 0.25) is 0 Å². The highest BCUT2D eigenvalue weighted by atomic mass is 32.2. The highest BCUT2D eigenvalue weighted by molar-refractivity contribution is 7.86. The van der Waals surface area contributed by atoms with Crippen molar-refractivity contribution in [3.8, 4) is 0 Å². The lowest BCUT2D eigenvalue weighted by atomic mass is 10.1. The molecule has 0 bridgehead atoms. The van der Waals surface area contributed by atoms with Crippen LogP contribution >= 0.6 is 0 Å². The van der Waals surface area contributed by atoms with Gasteiger partial charge in [-0.05, 0) is 23.6 Å². The summed E-state index contributed by atoms with van der Waals surface area (Å²) in [5.74, 6) is 0. The highest BCUT2D eigenvalue weighted by Gasteiger charge is 2.13. The first-order valence-corrected chi connectivity index (χ1v) is 6.25. The summed E-state index contributed by atoms with van der Waals surface area (Å²) in [6.45, 7) is 0. The Morgan fingerprint density at radius 3 is 2.47 bits per heavy atom. The lowest BCUT2D eigenvalue weighted by Gasteiger charge is -2.07. The van der Waals surface area contributed by atoms with E-state index in [4.69, 9.17) is 11.5 Å². The predicted molar refractivity (Wildman–Crippen MR) is 67.0 cm³/mol. The van der Waals surface area contributed by atoms with Crippen molar-refractivity contribution < 1.29 is 12.6 Å². The third-order valence-electron chi connectivity index (χ3n) is 2.57. The molecule has 0 aliphatic rings. The van der Waals surface area contributed by atoms with Crippen LogP contribution in [0.4, 0.5) is 11.4 Å². The van der Waals surface area contributed by atoms with Crippen LogP contribution in [0.3, 0.4) is 0 Å². The Bertz CT molecular complexity index is 680. The highest BCUT2D eigenvalue weighted by Crippen LogP contribution is 2.28. The van der Waals surface area contributed by atoms with Crippen LogP contribution in [0.15, 0.2) is 35.2 Å². The minimum Gasteiger partial charge on any atom is -0.397 e. The molecule has 6 heteroatoms. The largest absolute Gasteiger partial charge is 0.397 e. The summed E-state index contributed by atoms with van der Waals surface area (Å²) in [6.07, 6.45) is 0. The molecule has 0 aliphatic heterocycles. The number of rotatable bonds is 2. The topological polar surface area (TPSA) is 95.4 Å². The Morgan fingerprint density at radius 2 is 1.82 bits per heavy atom. The monoisotopic (exact) mass is 252 g/mol. The van der Waals surface area contributed by atoms with Crippen LogP contribution in [0.5, 0.6) is 0 Å². The molecule has 2 aromatic rings. The molecule has 2 rings (SSSR count). The lowest BCUT2D eigenvalue weighted by molar-refractivity contribution is 0.398. The second-order valence-corrected chi connectivity index (χ2v) is 5.29. The van der Waals surface area contributed by atoms with E-state index in [-0.39, 0.29) is 4.90 Å². The SMILES string of the molecule is COS(=O)(=O)c1ccc2c(N)c(N)ccc2c1. The van der Waals surface area contributed by atoms with E-state index in [1.807, 2.05) is 0 Å². The molecule has 90 valence electrons. The fraction of sp³-hybridized carbons (Fsp3) is 0.0909. The zero-order chi connectivity index (χ0) is 12.6.